The van der Waals surface area contributed by atoms with Crippen LogP contribution in [0.15, 0.2) is 52.9 Å². The Hall–Kier alpha value is -2.67. The minimum Gasteiger partial charge on any atom is -0.350 e. The summed E-state index contributed by atoms with van der Waals surface area (Å²) in [7, 11) is 0. The Morgan fingerprint density at radius 3 is 2.75 bits per heavy atom. The lowest BCUT2D eigenvalue weighted by Crippen LogP contribution is -2.30. The molecular formula is C17H18N4O2S. The van der Waals surface area contributed by atoms with Crippen molar-refractivity contribution in [2.24, 2.45) is 0 Å². The van der Waals surface area contributed by atoms with Crippen LogP contribution in [0.5, 0.6) is 0 Å². The van der Waals surface area contributed by atoms with Crippen molar-refractivity contribution >= 4 is 17.2 Å². The topological polar surface area (TPSA) is 68.9 Å². The summed E-state index contributed by atoms with van der Waals surface area (Å²) in [5, 5.41) is 8.88. The molecule has 0 unspecified atom stereocenters. The Morgan fingerprint density at radius 2 is 2.04 bits per heavy atom. The highest BCUT2D eigenvalue weighted by atomic mass is 32.1. The number of nitrogens with zero attached hydrogens (tertiary/aromatic N) is 3. The molecule has 0 saturated carbocycles. The van der Waals surface area contributed by atoms with Gasteiger partial charge in [0.15, 0.2) is 0 Å². The zero-order valence-electron chi connectivity index (χ0n) is 13.3. The van der Waals surface area contributed by atoms with Gasteiger partial charge in [-0.15, -0.1) is 0 Å². The molecule has 0 radical (unpaired) electrons. The number of rotatable bonds is 6. The predicted molar refractivity (Wildman–Crippen MR) is 92.9 cm³/mol. The van der Waals surface area contributed by atoms with Gasteiger partial charge in [-0.3, -0.25) is 18.8 Å². The van der Waals surface area contributed by atoms with Gasteiger partial charge in [0, 0.05) is 29.4 Å². The summed E-state index contributed by atoms with van der Waals surface area (Å²) in [5.41, 5.74) is 2.90. The van der Waals surface area contributed by atoms with Crippen molar-refractivity contribution in [2.75, 3.05) is 0 Å². The first kappa shape index (κ1) is 16.2. The number of carbonyl (C=O) groups excluding carboxylic acids is 1. The van der Waals surface area contributed by atoms with Crippen LogP contribution in [0.25, 0.3) is 0 Å². The van der Waals surface area contributed by atoms with E-state index in [9.17, 15) is 9.59 Å². The van der Waals surface area contributed by atoms with Crippen molar-refractivity contribution in [1.29, 1.82) is 0 Å². The third-order valence-electron chi connectivity index (χ3n) is 3.64. The molecule has 3 rings (SSSR count). The molecule has 2 heterocycles. The molecule has 2 aromatic heterocycles. The van der Waals surface area contributed by atoms with Crippen LogP contribution in [-0.4, -0.2) is 20.3 Å². The summed E-state index contributed by atoms with van der Waals surface area (Å²) >= 11 is 1.11. The minimum atomic E-state index is -0.186. The predicted octanol–water partition coefficient (Wildman–Crippen LogP) is 1.78. The third kappa shape index (κ3) is 3.99. The highest BCUT2D eigenvalue weighted by molar-refractivity contribution is 7.07. The van der Waals surface area contributed by atoms with Crippen molar-refractivity contribution in [3.8, 4) is 0 Å². The second-order valence-electron chi connectivity index (χ2n) is 5.54. The van der Waals surface area contributed by atoms with Crippen LogP contribution in [-0.2, 0) is 24.4 Å². The van der Waals surface area contributed by atoms with E-state index in [0.29, 0.717) is 13.1 Å². The molecule has 0 aliphatic rings. The van der Waals surface area contributed by atoms with E-state index in [1.165, 1.54) is 10.1 Å². The van der Waals surface area contributed by atoms with Crippen molar-refractivity contribution < 1.29 is 4.79 Å². The smallest absolute Gasteiger partial charge is 0.307 e. The van der Waals surface area contributed by atoms with Gasteiger partial charge in [0.2, 0.25) is 5.91 Å². The molecule has 1 N–H and O–H groups in total. The van der Waals surface area contributed by atoms with Gasteiger partial charge in [0.25, 0.3) is 0 Å². The molecule has 24 heavy (non-hydrogen) atoms. The number of aromatic nitrogens is 3. The molecule has 0 fully saturated rings. The van der Waals surface area contributed by atoms with Gasteiger partial charge >= 0.3 is 4.87 Å². The summed E-state index contributed by atoms with van der Waals surface area (Å²) in [6.45, 7) is 2.95. The quantitative estimate of drug-likeness (QED) is 0.742. The third-order valence-corrected chi connectivity index (χ3v) is 4.52. The molecule has 0 aliphatic carbocycles. The zero-order chi connectivity index (χ0) is 16.9. The van der Waals surface area contributed by atoms with Crippen LogP contribution >= 0.6 is 11.3 Å². The number of nitrogens with one attached hydrogen (secondary N) is 1. The first-order valence-electron chi connectivity index (χ1n) is 7.59. The molecule has 0 saturated heterocycles. The van der Waals surface area contributed by atoms with E-state index in [-0.39, 0.29) is 17.3 Å². The first-order valence-corrected chi connectivity index (χ1v) is 8.46. The van der Waals surface area contributed by atoms with Gasteiger partial charge in [-0.1, -0.05) is 41.7 Å². The van der Waals surface area contributed by atoms with Crippen LogP contribution in [0.4, 0.5) is 0 Å². The zero-order valence-corrected chi connectivity index (χ0v) is 14.1. The Bertz CT molecular complexity index is 879. The molecular weight excluding hydrogens is 324 g/mol. The average molecular weight is 342 g/mol. The molecule has 3 aromatic rings. The maximum absolute atomic E-state index is 12.0. The number of thiazole rings is 1. The van der Waals surface area contributed by atoms with Crippen LogP contribution in [0, 0.1) is 6.92 Å². The number of carbonyl (C=O) groups is 1. The largest absolute Gasteiger partial charge is 0.350 e. The number of benzene rings is 1. The fraction of sp³-hybridized carbons (Fsp3) is 0.235. The van der Waals surface area contributed by atoms with Crippen LogP contribution in [0.2, 0.25) is 0 Å². The van der Waals surface area contributed by atoms with Gasteiger partial charge in [-0.25, -0.2) is 0 Å². The fourth-order valence-electron chi connectivity index (χ4n) is 2.35. The van der Waals surface area contributed by atoms with E-state index < -0.39 is 0 Å². The maximum Gasteiger partial charge on any atom is 0.307 e. The van der Waals surface area contributed by atoms with Gasteiger partial charge in [-0.05, 0) is 12.5 Å². The van der Waals surface area contributed by atoms with Crippen LogP contribution in [0.1, 0.15) is 16.8 Å². The van der Waals surface area contributed by atoms with E-state index in [0.717, 1.165) is 22.6 Å². The van der Waals surface area contributed by atoms with Crippen molar-refractivity contribution in [3.05, 3.63) is 74.6 Å². The molecule has 7 heteroatoms. The SMILES string of the molecule is Cc1csc(=O)n1CC(=O)NCc1cnn(Cc2ccccc2)c1. The van der Waals surface area contributed by atoms with Crippen LogP contribution in [0.3, 0.4) is 0 Å². The molecule has 0 spiro atoms. The van der Waals surface area contributed by atoms with Gasteiger partial charge in [0.1, 0.15) is 6.54 Å². The normalized spacial score (nSPS) is 10.7. The van der Waals surface area contributed by atoms with Gasteiger partial charge in [-0.2, -0.15) is 5.10 Å². The van der Waals surface area contributed by atoms with E-state index in [1.54, 1.807) is 11.6 Å². The molecule has 0 aliphatic heterocycles. The number of amides is 1. The van der Waals surface area contributed by atoms with E-state index in [2.05, 4.69) is 10.4 Å². The Balaban J connectivity index is 1.54. The number of hydrogen-bond donors (Lipinski definition) is 1. The second kappa shape index (κ2) is 7.27. The van der Waals surface area contributed by atoms with E-state index >= 15 is 0 Å². The summed E-state index contributed by atoms with van der Waals surface area (Å²) in [4.78, 5) is 23.5. The summed E-state index contributed by atoms with van der Waals surface area (Å²) in [6, 6.07) is 10.1. The standard InChI is InChI=1S/C17H18N4O2S/c1-13-12-24-17(23)21(13)11-16(22)18-7-15-8-19-20(10-15)9-14-5-3-2-4-6-14/h2-6,8,10,12H,7,9,11H2,1H3,(H,18,22). The Labute approximate surface area is 143 Å². The monoisotopic (exact) mass is 342 g/mol. The van der Waals surface area contributed by atoms with Crippen molar-refractivity contribution in [2.45, 2.75) is 26.6 Å². The molecule has 0 atom stereocenters. The second-order valence-corrected chi connectivity index (χ2v) is 6.36. The lowest BCUT2D eigenvalue weighted by Gasteiger charge is -2.05. The first-order chi connectivity index (χ1) is 11.6. The van der Waals surface area contributed by atoms with Crippen molar-refractivity contribution in [3.63, 3.8) is 0 Å². The highest BCUT2D eigenvalue weighted by Gasteiger charge is 2.08. The van der Waals surface area contributed by atoms with Crippen molar-refractivity contribution in [1.82, 2.24) is 19.7 Å². The van der Waals surface area contributed by atoms with E-state index in [4.69, 9.17) is 0 Å². The van der Waals surface area contributed by atoms with Crippen LogP contribution < -0.4 is 10.2 Å². The summed E-state index contributed by atoms with van der Waals surface area (Å²) < 4.78 is 3.31. The molecule has 124 valence electrons. The minimum absolute atomic E-state index is 0.0479. The summed E-state index contributed by atoms with van der Waals surface area (Å²) in [5.74, 6) is -0.186. The maximum atomic E-state index is 12.0. The lowest BCUT2D eigenvalue weighted by molar-refractivity contribution is -0.121. The van der Waals surface area contributed by atoms with E-state index in [1.807, 2.05) is 48.1 Å². The number of aryl methyl sites for hydroxylation is 1. The Kier molecular flexibility index (Phi) is 4.90. The average Bonchev–Trinajstić information content (AvgIpc) is 3.15. The number of hydrogen-bond acceptors (Lipinski definition) is 4. The molecule has 1 aromatic carbocycles. The Morgan fingerprint density at radius 1 is 1.25 bits per heavy atom. The molecule has 1 amide bonds. The highest BCUT2D eigenvalue weighted by Crippen LogP contribution is 2.04. The molecule has 0 bridgehead atoms. The molecule has 6 nitrogen and oxygen atoms in total. The van der Waals surface area contributed by atoms with Gasteiger partial charge in [0.05, 0.1) is 12.7 Å². The lowest BCUT2D eigenvalue weighted by atomic mass is 10.2. The van der Waals surface area contributed by atoms with Gasteiger partial charge < -0.3 is 5.32 Å². The summed E-state index contributed by atoms with van der Waals surface area (Å²) in [6.07, 6.45) is 3.65. The fourth-order valence-corrected chi connectivity index (χ4v) is 3.09.